The quantitative estimate of drug-likeness (QED) is 0.812. The third-order valence-corrected chi connectivity index (χ3v) is 4.52. The fourth-order valence-electron chi connectivity index (χ4n) is 3.38. The Morgan fingerprint density at radius 1 is 1.35 bits per heavy atom. The predicted octanol–water partition coefficient (Wildman–Crippen LogP) is 0.827. The van der Waals surface area contributed by atoms with Crippen molar-refractivity contribution in [2.75, 3.05) is 39.3 Å². The van der Waals surface area contributed by atoms with Crippen LogP contribution in [0.5, 0.6) is 0 Å². The standard InChI is InChI=1S/C15H29N3O2/c1-2-18(13-6-4-3-5-7-13)15(19)12-17-8-9-20-14(10-16)11-17/h13-14H,2-12,16H2,1H3. The Kier molecular flexibility index (Phi) is 6.26. The summed E-state index contributed by atoms with van der Waals surface area (Å²) in [5, 5.41) is 0. The van der Waals surface area contributed by atoms with Crippen LogP contribution >= 0.6 is 0 Å². The van der Waals surface area contributed by atoms with E-state index in [0.29, 0.717) is 25.7 Å². The number of rotatable bonds is 5. The van der Waals surface area contributed by atoms with Gasteiger partial charge in [-0.3, -0.25) is 9.69 Å². The van der Waals surface area contributed by atoms with Crippen molar-refractivity contribution >= 4 is 5.91 Å². The van der Waals surface area contributed by atoms with Crippen LogP contribution in [-0.4, -0.2) is 67.2 Å². The first kappa shape index (κ1) is 15.7. The third-order valence-electron chi connectivity index (χ3n) is 4.52. The summed E-state index contributed by atoms with van der Waals surface area (Å²) in [6, 6.07) is 0.465. The van der Waals surface area contributed by atoms with E-state index in [-0.39, 0.29) is 12.0 Å². The van der Waals surface area contributed by atoms with E-state index in [4.69, 9.17) is 10.5 Å². The number of carbonyl (C=O) groups excluding carboxylic acids is 1. The van der Waals surface area contributed by atoms with Gasteiger partial charge in [-0.05, 0) is 19.8 Å². The zero-order valence-electron chi connectivity index (χ0n) is 12.7. The molecule has 1 unspecified atom stereocenters. The minimum Gasteiger partial charge on any atom is -0.374 e. The molecule has 2 rings (SSSR count). The fourth-order valence-corrected chi connectivity index (χ4v) is 3.38. The van der Waals surface area contributed by atoms with Gasteiger partial charge in [0.2, 0.25) is 5.91 Å². The summed E-state index contributed by atoms with van der Waals surface area (Å²) in [7, 11) is 0. The van der Waals surface area contributed by atoms with Crippen LogP contribution in [0.3, 0.4) is 0 Å². The maximum atomic E-state index is 12.5. The molecule has 1 saturated carbocycles. The Hall–Kier alpha value is -0.650. The van der Waals surface area contributed by atoms with Crippen LogP contribution in [0.2, 0.25) is 0 Å². The number of likely N-dealkylation sites (N-methyl/N-ethyl adjacent to an activating group) is 1. The van der Waals surface area contributed by atoms with Gasteiger partial charge in [0, 0.05) is 32.2 Å². The van der Waals surface area contributed by atoms with Crippen molar-refractivity contribution in [3.63, 3.8) is 0 Å². The highest BCUT2D eigenvalue weighted by Gasteiger charge is 2.27. The molecule has 1 aliphatic carbocycles. The minimum atomic E-state index is 0.0845. The maximum absolute atomic E-state index is 12.5. The van der Waals surface area contributed by atoms with Crippen LogP contribution in [0.25, 0.3) is 0 Å². The van der Waals surface area contributed by atoms with Gasteiger partial charge in [-0.15, -0.1) is 0 Å². The molecule has 0 aromatic rings. The summed E-state index contributed by atoms with van der Waals surface area (Å²) < 4.78 is 5.55. The maximum Gasteiger partial charge on any atom is 0.236 e. The minimum absolute atomic E-state index is 0.0845. The highest BCUT2D eigenvalue weighted by molar-refractivity contribution is 5.78. The third kappa shape index (κ3) is 4.17. The van der Waals surface area contributed by atoms with Crippen LogP contribution in [-0.2, 0) is 9.53 Å². The first-order valence-corrected chi connectivity index (χ1v) is 8.08. The van der Waals surface area contributed by atoms with Crippen molar-refractivity contribution in [2.45, 2.75) is 51.2 Å². The second kappa shape index (κ2) is 7.96. The molecule has 0 radical (unpaired) electrons. The lowest BCUT2D eigenvalue weighted by molar-refractivity contribution is -0.137. The van der Waals surface area contributed by atoms with Crippen molar-refractivity contribution in [3.8, 4) is 0 Å². The summed E-state index contributed by atoms with van der Waals surface area (Å²) in [5.41, 5.74) is 5.65. The molecule has 116 valence electrons. The molecule has 5 nitrogen and oxygen atoms in total. The predicted molar refractivity (Wildman–Crippen MR) is 79.5 cm³/mol. The Labute approximate surface area is 122 Å². The molecule has 1 atom stereocenters. The Morgan fingerprint density at radius 3 is 2.75 bits per heavy atom. The van der Waals surface area contributed by atoms with Crippen LogP contribution in [0.15, 0.2) is 0 Å². The van der Waals surface area contributed by atoms with Gasteiger partial charge in [0.25, 0.3) is 0 Å². The SMILES string of the molecule is CCN(C(=O)CN1CCOC(CN)C1)C1CCCCC1. The number of ether oxygens (including phenoxy) is 1. The summed E-state index contributed by atoms with van der Waals surface area (Å²) in [5.74, 6) is 0.275. The van der Waals surface area contributed by atoms with E-state index in [9.17, 15) is 4.79 Å². The zero-order valence-corrected chi connectivity index (χ0v) is 12.7. The first-order valence-electron chi connectivity index (χ1n) is 8.08. The van der Waals surface area contributed by atoms with Gasteiger partial charge >= 0.3 is 0 Å². The lowest BCUT2D eigenvalue weighted by Gasteiger charge is -2.37. The zero-order chi connectivity index (χ0) is 14.4. The topological polar surface area (TPSA) is 58.8 Å². The second-order valence-corrected chi connectivity index (χ2v) is 5.94. The van der Waals surface area contributed by atoms with Crippen LogP contribution in [0, 0.1) is 0 Å². The van der Waals surface area contributed by atoms with E-state index in [0.717, 1.165) is 19.6 Å². The van der Waals surface area contributed by atoms with Crippen LogP contribution in [0.1, 0.15) is 39.0 Å². The Bertz CT molecular complexity index is 305. The Morgan fingerprint density at radius 2 is 2.10 bits per heavy atom. The number of morpholine rings is 1. The molecule has 1 saturated heterocycles. The highest BCUT2D eigenvalue weighted by atomic mass is 16.5. The lowest BCUT2D eigenvalue weighted by Crippen LogP contribution is -2.51. The molecule has 2 N–H and O–H groups in total. The average molecular weight is 283 g/mol. The number of nitrogens with two attached hydrogens (primary N) is 1. The molecule has 2 fully saturated rings. The van der Waals surface area contributed by atoms with Gasteiger partial charge in [-0.25, -0.2) is 0 Å². The van der Waals surface area contributed by atoms with Gasteiger partial charge in [0.1, 0.15) is 0 Å². The van der Waals surface area contributed by atoms with Crippen molar-refractivity contribution < 1.29 is 9.53 Å². The van der Waals surface area contributed by atoms with Gasteiger partial charge in [-0.1, -0.05) is 19.3 Å². The molecular formula is C15H29N3O2. The number of amides is 1. The number of hydrogen-bond donors (Lipinski definition) is 1. The molecule has 1 amide bonds. The fraction of sp³-hybridized carbons (Fsp3) is 0.933. The van der Waals surface area contributed by atoms with Crippen molar-refractivity contribution in [1.29, 1.82) is 0 Å². The molecule has 5 heteroatoms. The second-order valence-electron chi connectivity index (χ2n) is 5.94. The molecule has 1 heterocycles. The van der Waals surface area contributed by atoms with Gasteiger partial charge in [0.15, 0.2) is 0 Å². The Balaban J connectivity index is 1.85. The lowest BCUT2D eigenvalue weighted by atomic mass is 9.94. The average Bonchev–Trinajstić information content (AvgIpc) is 2.49. The largest absolute Gasteiger partial charge is 0.374 e. The molecule has 2 aliphatic rings. The number of carbonyl (C=O) groups is 1. The summed E-state index contributed by atoms with van der Waals surface area (Å²) in [4.78, 5) is 16.8. The van der Waals surface area contributed by atoms with Crippen LogP contribution < -0.4 is 5.73 Å². The normalized spacial score (nSPS) is 25.6. The van der Waals surface area contributed by atoms with Crippen molar-refractivity contribution in [2.24, 2.45) is 5.73 Å². The van der Waals surface area contributed by atoms with E-state index in [2.05, 4.69) is 16.7 Å². The highest BCUT2D eigenvalue weighted by Crippen LogP contribution is 2.22. The molecule has 1 aliphatic heterocycles. The van der Waals surface area contributed by atoms with Gasteiger partial charge in [-0.2, -0.15) is 0 Å². The van der Waals surface area contributed by atoms with E-state index >= 15 is 0 Å². The summed E-state index contributed by atoms with van der Waals surface area (Å²) >= 11 is 0. The van der Waals surface area contributed by atoms with Crippen molar-refractivity contribution in [3.05, 3.63) is 0 Å². The first-order chi connectivity index (χ1) is 9.74. The van der Waals surface area contributed by atoms with Gasteiger partial charge < -0.3 is 15.4 Å². The van der Waals surface area contributed by atoms with Crippen LogP contribution in [0.4, 0.5) is 0 Å². The smallest absolute Gasteiger partial charge is 0.236 e. The molecule has 0 spiro atoms. The summed E-state index contributed by atoms with van der Waals surface area (Å²) in [6.45, 7) is 6.28. The van der Waals surface area contributed by atoms with Gasteiger partial charge in [0.05, 0.1) is 19.3 Å². The van der Waals surface area contributed by atoms with Crippen molar-refractivity contribution in [1.82, 2.24) is 9.80 Å². The molecule has 0 bridgehead atoms. The van der Waals surface area contributed by atoms with E-state index in [1.807, 2.05) is 0 Å². The number of nitrogens with zero attached hydrogens (tertiary/aromatic N) is 2. The van der Waals surface area contributed by atoms with E-state index in [1.165, 1.54) is 32.1 Å². The molecular weight excluding hydrogens is 254 g/mol. The molecule has 0 aromatic heterocycles. The van der Waals surface area contributed by atoms with E-state index in [1.54, 1.807) is 0 Å². The van der Waals surface area contributed by atoms with E-state index < -0.39 is 0 Å². The monoisotopic (exact) mass is 283 g/mol. The number of hydrogen-bond acceptors (Lipinski definition) is 4. The summed E-state index contributed by atoms with van der Waals surface area (Å²) in [6.07, 6.45) is 6.29. The molecule has 20 heavy (non-hydrogen) atoms. The molecule has 0 aromatic carbocycles.